The minimum Gasteiger partial charge on any atom is -0.478 e. The van der Waals surface area contributed by atoms with Crippen LogP contribution >= 0.6 is 0 Å². The predicted molar refractivity (Wildman–Crippen MR) is 66.5 cm³/mol. The molecule has 0 amide bonds. The molecule has 1 aromatic heterocycles. The van der Waals surface area contributed by atoms with Crippen molar-refractivity contribution in [1.82, 2.24) is 4.98 Å². The molecule has 2 rings (SSSR count). The molecule has 2 heterocycles. The quantitative estimate of drug-likeness (QED) is 0.842. The monoisotopic (exact) mass is 270 g/mol. The van der Waals surface area contributed by atoms with E-state index in [1.165, 1.54) is 12.4 Å². The van der Waals surface area contributed by atoms with Crippen molar-refractivity contribution in [3.8, 4) is 0 Å². The molecule has 1 unspecified atom stereocenters. The summed E-state index contributed by atoms with van der Waals surface area (Å²) in [5.41, 5.74) is -0.176. The molecule has 0 aromatic carbocycles. The summed E-state index contributed by atoms with van der Waals surface area (Å²) in [4.78, 5) is 14.8. The Balaban J connectivity index is 2.28. The predicted octanol–water partition coefficient (Wildman–Crippen LogP) is 0.769. The van der Waals surface area contributed by atoms with Gasteiger partial charge in [-0.2, -0.15) is 0 Å². The van der Waals surface area contributed by atoms with Gasteiger partial charge in [-0.25, -0.2) is 13.2 Å². The van der Waals surface area contributed by atoms with Crippen LogP contribution in [0.2, 0.25) is 0 Å². The zero-order valence-corrected chi connectivity index (χ0v) is 10.7. The van der Waals surface area contributed by atoms with E-state index >= 15 is 0 Å². The van der Waals surface area contributed by atoms with Crippen molar-refractivity contribution in [3.63, 3.8) is 0 Å². The first-order valence-corrected chi connectivity index (χ1v) is 7.29. The maximum Gasteiger partial charge on any atom is 0.339 e. The van der Waals surface area contributed by atoms with Gasteiger partial charge in [0.1, 0.15) is 5.56 Å². The molecule has 2 N–H and O–H groups in total. The highest BCUT2D eigenvalue weighted by Gasteiger charge is 2.38. The van der Waals surface area contributed by atoms with Gasteiger partial charge in [0.25, 0.3) is 0 Å². The number of nitrogens with zero attached hydrogens (tertiary/aromatic N) is 1. The van der Waals surface area contributed by atoms with E-state index in [0.717, 1.165) is 0 Å². The molecule has 0 saturated carbocycles. The first-order valence-electron chi connectivity index (χ1n) is 5.47. The van der Waals surface area contributed by atoms with Gasteiger partial charge in [-0.05, 0) is 19.4 Å². The maximum atomic E-state index is 11.5. The molecule has 1 aromatic rings. The molecule has 1 aliphatic heterocycles. The highest BCUT2D eigenvalue weighted by atomic mass is 32.2. The lowest BCUT2D eigenvalue weighted by molar-refractivity contribution is 0.0697. The van der Waals surface area contributed by atoms with E-state index in [-0.39, 0.29) is 17.1 Å². The van der Waals surface area contributed by atoms with Crippen LogP contribution in [0.25, 0.3) is 0 Å². The van der Waals surface area contributed by atoms with Crippen LogP contribution in [0.4, 0.5) is 5.69 Å². The average Bonchev–Trinajstić information content (AvgIpc) is 2.53. The van der Waals surface area contributed by atoms with Crippen LogP contribution < -0.4 is 5.32 Å². The Morgan fingerprint density at radius 3 is 2.83 bits per heavy atom. The van der Waals surface area contributed by atoms with Gasteiger partial charge >= 0.3 is 5.97 Å². The molecule has 0 spiro atoms. The summed E-state index contributed by atoms with van der Waals surface area (Å²) in [7, 11) is -3.03. The summed E-state index contributed by atoms with van der Waals surface area (Å²) in [6.07, 6.45) is 3.19. The zero-order chi connectivity index (χ0) is 13.4. The first-order chi connectivity index (χ1) is 8.31. The number of hydrogen-bond acceptors (Lipinski definition) is 5. The summed E-state index contributed by atoms with van der Waals surface area (Å²) in [5, 5.41) is 12.1. The summed E-state index contributed by atoms with van der Waals surface area (Å²) in [5.74, 6) is -0.944. The van der Waals surface area contributed by atoms with Gasteiger partial charge in [0.2, 0.25) is 0 Å². The fourth-order valence-corrected chi connectivity index (χ4v) is 4.20. The van der Waals surface area contributed by atoms with E-state index in [1.807, 2.05) is 0 Å². The van der Waals surface area contributed by atoms with Crippen molar-refractivity contribution in [3.05, 3.63) is 24.0 Å². The molecule has 0 radical (unpaired) electrons. The van der Waals surface area contributed by atoms with Crippen molar-refractivity contribution in [2.24, 2.45) is 0 Å². The number of carboxylic acids is 1. The number of aromatic carboxylic acids is 1. The lowest BCUT2D eigenvalue weighted by Crippen LogP contribution is -2.36. The molecule has 1 aliphatic rings. The standard InChI is InChI=1S/C11H14N2O4S/c1-11(3-5-18(16,17)7-11)13-9-2-4-12-6-8(9)10(14)15/h2,4,6H,3,5,7H2,1H3,(H,12,13)(H,14,15). The molecular weight excluding hydrogens is 256 g/mol. The zero-order valence-electron chi connectivity index (χ0n) is 9.88. The van der Waals surface area contributed by atoms with Gasteiger partial charge in [0.15, 0.2) is 9.84 Å². The third-order valence-electron chi connectivity index (χ3n) is 2.99. The highest BCUT2D eigenvalue weighted by molar-refractivity contribution is 7.91. The number of sulfone groups is 1. The van der Waals surface area contributed by atoms with Gasteiger partial charge in [-0.1, -0.05) is 0 Å². The summed E-state index contributed by atoms with van der Waals surface area (Å²) in [6.45, 7) is 1.78. The van der Waals surface area contributed by atoms with Gasteiger partial charge in [-0.15, -0.1) is 0 Å². The third-order valence-corrected chi connectivity index (χ3v) is 4.89. The fraction of sp³-hybridized carbons (Fsp3) is 0.455. The van der Waals surface area contributed by atoms with E-state index < -0.39 is 21.3 Å². The number of carboxylic acid groups (broad SMARTS) is 1. The van der Waals surface area contributed by atoms with Gasteiger partial charge in [-0.3, -0.25) is 4.98 Å². The Hall–Kier alpha value is -1.63. The van der Waals surface area contributed by atoms with Crippen molar-refractivity contribution in [2.75, 3.05) is 16.8 Å². The number of pyridine rings is 1. The minimum absolute atomic E-state index is 0.0153. The van der Waals surface area contributed by atoms with Crippen LogP contribution in [0.5, 0.6) is 0 Å². The van der Waals surface area contributed by atoms with Crippen molar-refractivity contribution < 1.29 is 18.3 Å². The lowest BCUT2D eigenvalue weighted by atomic mass is 10.0. The molecule has 7 heteroatoms. The van der Waals surface area contributed by atoms with E-state index in [9.17, 15) is 13.2 Å². The van der Waals surface area contributed by atoms with Crippen LogP contribution in [0.1, 0.15) is 23.7 Å². The average molecular weight is 270 g/mol. The van der Waals surface area contributed by atoms with E-state index in [1.54, 1.807) is 13.0 Å². The van der Waals surface area contributed by atoms with Gasteiger partial charge in [0, 0.05) is 17.9 Å². The van der Waals surface area contributed by atoms with Crippen LogP contribution in [0.15, 0.2) is 18.5 Å². The largest absolute Gasteiger partial charge is 0.478 e. The first kappa shape index (κ1) is 12.8. The second-order valence-corrected chi connectivity index (χ2v) is 6.94. The van der Waals surface area contributed by atoms with E-state index in [0.29, 0.717) is 12.1 Å². The minimum atomic E-state index is -3.03. The van der Waals surface area contributed by atoms with Crippen LogP contribution in [0.3, 0.4) is 0 Å². The lowest BCUT2D eigenvalue weighted by Gasteiger charge is -2.26. The number of aromatic nitrogens is 1. The molecule has 98 valence electrons. The number of rotatable bonds is 3. The normalized spacial score (nSPS) is 25.8. The Kier molecular flexibility index (Phi) is 3.02. The van der Waals surface area contributed by atoms with Crippen LogP contribution in [-0.2, 0) is 9.84 Å². The van der Waals surface area contributed by atoms with E-state index in [2.05, 4.69) is 10.3 Å². The molecule has 0 aliphatic carbocycles. The molecule has 1 fully saturated rings. The highest BCUT2D eigenvalue weighted by Crippen LogP contribution is 2.28. The third kappa shape index (κ3) is 2.61. The van der Waals surface area contributed by atoms with Crippen LogP contribution in [0, 0.1) is 0 Å². The SMILES string of the molecule is CC1(Nc2ccncc2C(=O)O)CCS(=O)(=O)C1. The van der Waals surface area contributed by atoms with Crippen molar-refractivity contribution in [2.45, 2.75) is 18.9 Å². The van der Waals surface area contributed by atoms with E-state index in [4.69, 9.17) is 5.11 Å². The number of nitrogens with one attached hydrogen (secondary N) is 1. The number of hydrogen-bond donors (Lipinski definition) is 2. The second-order valence-electron chi connectivity index (χ2n) is 4.75. The number of anilines is 1. The van der Waals surface area contributed by atoms with Gasteiger partial charge in [0.05, 0.1) is 17.2 Å². The van der Waals surface area contributed by atoms with Crippen molar-refractivity contribution >= 4 is 21.5 Å². The fourth-order valence-electron chi connectivity index (χ4n) is 2.11. The molecule has 6 nitrogen and oxygen atoms in total. The molecule has 0 bridgehead atoms. The maximum absolute atomic E-state index is 11.5. The Bertz CT molecular complexity index is 584. The van der Waals surface area contributed by atoms with Crippen LogP contribution in [-0.4, -0.2) is 41.5 Å². The van der Waals surface area contributed by atoms with Gasteiger partial charge < -0.3 is 10.4 Å². The summed E-state index contributed by atoms with van der Waals surface area (Å²) < 4.78 is 23.0. The Labute approximate surface area is 105 Å². The Morgan fingerprint density at radius 1 is 1.56 bits per heavy atom. The molecular formula is C11H14N2O4S. The second kappa shape index (κ2) is 4.24. The Morgan fingerprint density at radius 2 is 2.28 bits per heavy atom. The molecule has 1 atom stereocenters. The summed E-state index contributed by atoms with van der Waals surface area (Å²) >= 11 is 0. The molecule has 1 saturated heterocycles. The summed E-state index contributed by atoms with van der Waals surface area (Å²) in [6, 6.07) is 1.54. The smallest absolute Gasteiger partial charge is 0.339 e. The number of carbonyl (C=O) groups is 1. The topological polar surface area (TPSA) is 96.4 Å². The molecule has 18 heavy (non-hydrogen) atoms. The van der Waals surface area contributed by atoms with Crippen molar-refractivity contribution in [1.29, 1.82) is 0 Å².